The quantitative estimate of drug-likeness (QED) is 0.463. The van der Waals surface area contributed by atoms with Gasteiger partial charge in [-0.3, -0.25) is 0 Å². The Morgan fingerprint density at radius 2 is 1.85 bits per heavy atom. The van der Waals surface area contributed by atoms with Gasteiger partial charge in [-0.15, -0.1) is 0 Å². The van der Waals surface area contributed by atoms with Gasteiger partial charge in [-0.05, 0) is 72.4 Å². The van der Waals surface area contributed by atoms with Crippen LogP contribution in [0.5, 0.6) is 0 Å². The standard InChI is InChI=1S/C23H28ClNS/c1-4-8-19-13-11-17(15-18(19)5-2)12-14-21-22(26-25-23(21)24)20-10-7-6-9-16(20)3/h6-7,9-11,13,15,21-22H,4-5,8,12,14H2,1-3H3. The van der Waals surface area contributed by atoms with Gasteiger partial charge in [0.15, 0.2) is 0 Å². The summed E-state index contributed by atoms with van der Waals surface area (Å²) in [6.45, 7) is 6.68. The molecule has 0 saturated carbocycles. The van der Waals surface area contributed by atoms with E-state index in [1.165, 1.54) is 40.7 Å². The zero-order valence-electron chi connectivity index (χ0n) is 16.0. The lowest BCUT2D eigenvalue weighted by Crippen LogP contribution is -2.14. The van der Waals surface area contributed by atoms with Gasteiger partial charge in [0.1, 0.15) is 5.17 Å². The highest BCUT2D eigenvalue weighted by Crippen LogP contribution is 2.47. The van der Waals surface area contributed by atoms with Gasteiger partial charge in [-0.25, -0.2) is 4.40 Å². The first-order valence-corrected chi connectivity index (χ1v) is 10.9. The Hall–Kier alpha value is -1.25. The van der Waals surface area contributed by atoms with E-state index in [1.54, 1.807) is 11.9 Å². The number of benzene rings is 2. The molecule has 2 atom stereocenters. The third kappa shape index (κ3) is 4.35. The van der Waals surface area contributed by atoms with Crippen molar-refractivity contribution in [1.82, 2.24) is 0 Å². The molecule has 138 valence electrons. The highest BCUT2D eigenvalue weighted by Gasteiger charge is 2.33. The monoisotopic (exact) mass is 385 g/mol. The number of hydrogen-bond acceptors (Lipinski definition) is 2. The van der Waals surface area contributed by atoms with Crippen LogP contribution in [0.3, 0.4) is 0 Å². The molecule has 0 aromatic heterocycles. The number of halogens is 1. The number of nitrogens with zero attached hydrogens (tertiary/aromatic N) is 1. The lowest BCUT2D eigenvalue weighted by atomic mass is 9.90. The minimum absolute atomic E-state index is 0.308. The Morgan fingerprint density at radius 1 is 1.04 bits per heavy atom. The molecule has 0 amide bonds. The van der Waals surface area contributed by atoms with Crippen LogP contribution < -0.4 is 0 Å². The maximum absolute atomic E-state index is 6.50. The van der Waals surface area contributed by atoms with Gasteiger partial charge in [0, 0.05) is 5.92 Å². The molecule has 3 heteroatoms. The fourth-order valence-electron chi connectivity index (χ4n) is 3.82. The van der Waals surface area contributed by atoms with Crippen LogP contribution in [0.1, 0.15) is 59.8 Å². The molecule has 1 heterocycles. The summed E-state index contributed by atoms with van der Waals surface area (Å²) >= 11 is 8.13. The van der Waals surface area contributed by atoms with E-state index in [1.807, 2.05) is 0 Å². The molecule has 0 spiro atoms. The maximum Gasteiger partial charge on any atom is 0.119 e. The van der Waals surface area contributed by atoms with Crippen molar-refractivity contribution >= 4 is 28.7 Å². The molecule has 0 fully saturated rings. The summed E-state index contributed by atoms with van der Waals surface area (Å²) < 4.78 is 4.50. The fraction of sp³-hybridized carbons (Fsp3) is 0.435. The highest BCUT2D eigenvalue weighted by atomic mass is 35.5. The van der Waals surface area contributed by atoms with Crippen LogP contribution in [-0.2, 0) is 19.3 Å². The van der Waals surface area contributed by atoms with Crippen molar-refractivity contribution < 1.29 is 0 Å². The molecule has 0 saturated heterocycles. The van der Waals surface area contributed by atoms with Crippen molar-refractivity contribution in [2.45, 2.75) is 58.1 Å². The van der Waals surface area contributed by atoms with Crippen LogP contribution in [0.15, 0.2) is 46.9 Å². The predicted octanol–water partition coefficient (Wildman–Crippen LogP) is 7.10. The molecule has 2 aromatic carbocycles. The molecule has 0 radical (unpaired) electrons. The van der Waals surface area contributed by atoms with Crippen LogP contribution in [0.2, 0.25) is 0 Å². The van der Waals surface area contributed by atoms with Crippen molar-refractivity contribution in [3.63, 3.8) is 0 Å². The molecule has 1 aliphatic heterocycles. The fourth-order valence-corrected chi connectivity index (χ4v) is 5.39. The summed E-state index contributed by atoms with van der Waals surface area (Å²) in [6.07, 6.45) is 5.59. The van der Waals surface area contributed by atoms with E-state index < -0.39 is 0 Å². The van der Waals surface area contributed by atoms with E-state index in [9.17, 15) is 0 Å². The third-order valence-corrected chi connectivity index (χ3v) is 6.91. The second-order valence-corrected chi connectivity index (χ2v) is 8.44. The molecule has 26 heavy (non-hydrogen) atoms. The summed E-state index contributed by atoms with van der Waals surface area (Å²) in [5.41, 5.74) is 7.13. The second kappa shape index (κ2) is 9.10. The number of aryl methyl sites for hydroxylation is 4. The Labute approximate surface area is 167 Å². The lowest BCUT2D eigenvalue weighted by molar-refractivity contribution is 0.623. The molecule has 3 rings (SSSR count). The van der Waals surface area contributed by atoms with E-state index in [4.69, 9.17) is 11.6 Å². The zero-order chi connectivity index (χ0) is 18.5. The minimum Gasteiger partial charge on any atom is -0.208 e. The van der Waals surface area contributed by atoms with E-state index in [0.29, 0.717) is 11.2 Å². The van der Waals surface area contributed by atoms with Crippen molar-refractivity contribution in [1.29, 1.82) is 0 Å². The average molecular weight is 386 g/mol. The van der Waals surface area contributed by atoms with Crippen molar-refractivity contribution in [3.8, 4) is 0 Å². The molecular weight excluding hydrogens is 358 g/mol. The van der Waals surface area contributed by atoms with Gasteiger partial charge in [0.05, 0.1) is 5.25 Å². The third-order valence-electron chi connectivity index (χ3n) is 5.33. The van der Waals surface area contributed by atoms with Crippen molar-refractivity contribution in [2.24, 2.45) is 10.3 Å². The van der Waals surface area contributed by atoms with Gasteiger partial charge < -0.3 is 0 Å². The molecule has 2 aromatic rings. The van der Waals surface area contributed by atoms with Crippen LogP contribution in [0, 0.1) is 12.8 Å². The topological polar surface area (TPSA) is 12.4 Å². The first kappa shape index (κ1) is 19.5. The Balaban J connectivity index is 1.73. The first-order chi connectivity index (χ1) is 12.6. The lowest BCUT2D eigenvalue weighted by Gasteiger charge is -2.20. The summed E-state index contributed by atoms with van der Waals surface area (Å²) in [6, 6.07) is 15.7. The van der Waals surface area contributed by atoms with Gasteiger partial charge in [0.2, 0.25) is 0 Å². The summed E-state index contributed by atoms with van der Waals surface area (Å²) in [4.78, 5) is 0. The van der Waals surface area contributed by atoms with Gasteiger partial charge in [-0.1, -0.05) is 74.3 Å². The Bertz CT molecular complexity index is 784. The molecule has 1 aliphatic rings. The molecule has 0 bridgehead atoms. The smallest absolute Gasteiger partial charge is 0.119 e. The van der Waals surface area contributed by atoms with Gasteiger partial charge >= 0.3 is 0 Å². The first-order valence-electron chi connectivity index (χ1n) is 9.69. The second-order valence-electron chi connectivity index (χ2n) is 7.15. The summed E-state index contributed by atoms with van der Waals surface area (Å²) in [5.74, 6) is 0.308. The van der Waals surface area contributed by atoms with E-state index >= 15 is 0 Å². The van der Waals surface area contributed by atoms with Crippen molar-refractivity contribution in [3.05, 3.63) is 70.3 Å². The van der Waals surface area contributed by atoms with Gasteiger partial charge in [-0.2, -0.15) is 0 Å². The molecule has 1 nitrogen and oxygen atoms in total. The molecule has 0 N–H and O–H groups in total. The zero-order valence-corrected chi connectivity index (χ0v) is 17.5. The largest absolute Gasteiger partial charge is 0.208 e. The van der Waals surface area contributed by atoms with Crippen LogP contribution in [-0.4, -0.2) is 5.17 Å². The van der Waals surface area contributed by atoms with E-state index in [2.05, 4.69) is 67.6 Å². The average Bonchev–Trinajstić information content (AvgIpc) is 3.02. The maximum atomic E-state index is 6.50. The molecule has 0 aliphatic carbocycles. The summed E-state index contributed by atoms with van der Waals surface area (Å²) in [5, 5.41) is 1.12. The number of rotatable bonds is 7. The van der Waals surface area contributed by atoms with Crippen LogP contribution in [0.25, 0.3) is 0 Å². The Morgan fingerprint density at radius 3 is 2.58 bits per heavy atom. The van der Waals surface area contributed by atoms with Gasteiger partial charge in [0.25, 0.3) is 0 Å². The predicted molar refractivity (Wildman–Crippen MR) is 116 cm³/mol. The van der Waals surface area contributed by atoms with Crippen LogP contribution >= 0.6 is 23.5 Å². The highest BCUT2D eigenvalue weighted by molar-refractivity contribution is 7.98. The van der Waals surface area contributed by atoms with E-state index in [0.717, 1.165) is 24.4 Å². The molecular formula is C23H28ClNS. The minimum atomic E-state index is 0.308. The number of hydrogen-bond donors (Lipinski definition) is 0. The van der Waals surface area contributed by atoms with E-state index in [-0.39, 0.29) is 0 Å². The summed E-state index contributed by atoms with van der Waals surface area (Å²) in [7, 11) is 0. The SMILES string of the molecule is CCCc1ccc(CCC2C(Cl)=NSC2c2ccccc2C)cc1CC. The molecule has 2 unspecified atom stereocenters. The van der Waals surface area contributed by atoms with Crippen molar-refractivity contribution in [2.75, 3.05) is 0 Å². The normalized spacial score (nSPS) is 19.6. The van der Waals surface area contributed by atoms with Crippen LogP contribution in [0.4, 0.5) is 0 Å². The Kier molecular flexibility index (Phi) is 6.83.